The zero-order valence-corrected chi connectivity index (χ0v) is 14.6. The zero-order valence-electron chi connectivity index (χ0n) is 14.6. The fourth-order valence-electron chi connectivity index (χ4n) is 2.72. The highest BCUT2D eigenvalue weighted by atomic mass is 16.6. The van der Waals surface area contributed by atoms with Gasteiger partial charge in [-0.3, -0.25) is 19.7 Å². The third-order valence-electron chi connectivity index (χ3n) is 4.08. The third-order valence-corrected chi connectivity index (χ3v) is 4.08. The first-order valence-corrected chi connectivity index (χ1v) is 8.51. The van der Waals surface area contributed by atoms with Gasteiger partial charge in [0.2, 0.25) is 0 Å². The lowest BCUT2D eigenvalue weighted by Gasteiger charge is -2.16. The van der Waals surface area contributed by atoms with Crippen molar-refractivity contribution < 1.29 is 19.6 Å². The Kier molecular flexibility index (Phi) is 7.45. The van der Waals surface area contributed by atoms with E-state index in [-0.39, 0.29) is 30.4 Å². The van der Waals surface area contributed by atoms with Crippen LogP contribution in [0.4, 0.5) is 11.4 Å². The van der Waals surface area contributed by atoms with E-state index >= 15 is 0 Å². The van der Waals surface area contributed by atoms with E-state index in [9.17, 15) is 24.8 Å². The molecule has 0 bridgehead atoms. The summed E-state index contributed by atoms with van der Waals surface area (Å²) in [6.45, 7) is 0.258. The van der Waals surface area contributed by atoms with Crippen molar-refractivity contribution >= 4 is 23.2 Å². The number of aliphatic hydroxyl groups excluding tert-OH is 1. The molecule has 27 heavy (non-hydrogen) atoms. The van der Waals surface area contributed by atoms with Crippen molar-refractivity contribution in [2.45, 2.75) is 18.8 Å². The van der Waals surface area contributed by atoms with E-state index in [0.717, 1.165) is 5.56 Å². The number of hydrogen-bond donors (Lipinski definition) is 3. The van der Waals surface area contributed by atoms with Crippen molar-refractivity contribution in [2.75, 3.05) is 18.5 Å². The van der Waals surface area contributed by atoms with Crippen LogP contribution >= 0.6 is 0 Å². The second kappa shape index (κ2) is 10.0. The highest BCUT2D eigenvalue weighted by Gasteiger charge is 2.19. The molecule has 0 saturated carbocycles. The molecular formula is C19H21N3O5. The van der Waals surface area contributed by atoms with Crippen LogP contribution < -0.4 is 10.6 Å². The quantitative estimate of drug-likeness (QED) is 0.373. The van der Waals surface area contributed by atoms with Crippen molar-refractivity contribution in [1.29, 1.82) is 0 Å². The Morgan fingerprint density at radius 2 is 1.67 bits per heavy atom. The van der Waals surface area contributed by atoms with E-state index in [1.54, 1.807) is 0 Å². The standard InChI is InChI=1S/C19H21N3O5/c23-13-11-15(14-6-2-1-3-7-14)10-12-20-18(24)19(25)21-16-8-4-5-9-17(16)22(26)27/h1-9,15,23H,10-13H2,(H,20,24)(H,21,25). The number of hydrogen-bond acceptors (Lipinski definition) is 5. The lowest BCUT2D eigenvalue weighted by atomic mass is 9.93. The van der Waals surface area contributed by atoms with Crippen LogP contribution in [0.5, 0.6) is 0 Å². The van der Waals surface area contributed by atoms with Gasteiger partial charge >= 0.3 is 11.8 Å². The van der Waals surface area contributed by atoms with Gasteiger partial charge in [0.1, 0.15) is 5.69 Å². The van der Waals surface area contributed by atoms with Crippen LogP contribution in [0, 0.1) is 10.1 Å². The molecule has 8 nitrogen and oxygen atoms in total. The fourth-order valence-corrected chi connectivity index (χ4v) is 2.72. The van der Waals surface area contributed by atoms with Crippen LogP contribution in [0.1, 0.15) is 24.3 Å². The molecule has 2 aromatic carbocycles. The molecule has 142 valence electrons. The summed E-state index contributed by atoms with van der Waals surface area (Å²) in [6, 6.07) is 15.2. The van der Waals surface area contributed by atoms with Crippen molar-refractivity contribution in [3.8, 4) is 0 Å². The Morgan fingerprint density at radius 1 is 1.00 bits per heavy atom. The molecule has 0 heterocycles. The van der Waals surface area contributed by atoms with Gasteiger partial charge in [-0.05, 0) is 30.4 Å². The largest absolute Gasteiger partial charge is 0.396 e. The van der Waals surface area contributed by atoms with Crippen LogP contribution in [0.25, 0.3) is 0 Å². The normalized spacial score (nSPS) is 11.4. The molecule has 0 aliphatic carbocycles. The highest BCUT2D eigenvalue weighted by Crippen LogP contribution is 2.23. The lowest BCUT2D eigenvalue weighted by molar-refractivity contribution is -0.383. The van der Waals surface area contributed by atoms with Crippen LogP contribution in [0.3, 0.4) is 0 Å². The molecule has 2 rings (SSSR count). The fraction of sp³-hybridized carbons (Fsp3) is 0.263. The van der Waals surface area contributed by atoms with Gasteiger partial charge in [0.05, 0.1) is 4.92 Å². The summed E-state index contributed by atoms with van der Waals surface area (Å²) in [5, 5.41) is 24.9. The van der Waals surface area contributed by atoms with E-state index in [0.29, 0.717) is 12.8 Å². The maximum Gasteiger partial charge on any atom is 0.313 e. The molecule has 1 atom stereocenters. The topological polar surface area (TPSA) is 122 Å². The van der Waals surface area contributed by atoms with E-state index in [4.69, 9.17) is 0 Å². The second-order valence-electron chi connectivity index (χ2n) is 5.89. The van der Waals surface area contributed by atoms with Crippen molar-refractivity contribution in [3.63, 3.8) is 0 Å². The maximum atomic E-state index is 12.0. The number of nitrogens with zero attached hydrogens (tertiary/aromatic N) is 1. The number of rotatable bonds is 8. The molecule has 8 heteroatoms. The van der Waals surface area contributed by atoms with Gasteiger partial charge < -0.3 is 15.7 Å². The summed E-state index contributed by atoms with van der Waals surface area (Å²) in [5.41, 5.74) is 0.723. The SMILES string of the molecule is O=C(NCCC(CCO)c1ccccc1)C(=O)Nc1ccccc1[N+](=O)[O-]. The van der Waals surface area contributed by atoms with Gasteiger partial charge in [-0.15, -0.1) is 0 Å². The number of nitrogens with one attached hydrogen (secondary N) is 2. The Labute approximate surface area is 156 Å². The second-order valence-corrected chi connectivity index (χ2v) is 5.89. The number of nitro groups is 1. The predicted octanol–water partition coefficient (Wildman–Crippen LogP) is 2.21. The number of carbonyl (C=O) groups is 2. The number of carbonyl (C=O) groups excluding carboxylic acids is 2. The molecule has 2 aromatic rings. The van der Waals surface area contributed by atoms with E-state index in [1.165, 1.54) is 24.3 Å². The zero-order chi connectivity index (χ0) is 19.6. The average Bonchev–Trinajstić information content (AvgIpc) is 2.68. The average molecular weight is 371 g/mol. The lowest BCUT2D eigenvalue weighted by Crippen LogP contribution is -2.36. The van der Waals surface area contributed by atoms with Crippen LogP contribution in [0.2, 0.25) is 0 Å². The van der Waals surface area contributed by atoms with Gasteiger partial charge in [-0.1, -0.05) is 42.5 Å². The number of para-hydroxylation sites is 2. The molecule has 1 unspecified atom stereocenters. The Hall–Kier alpha value is -3.26. The van der Waals surface area contributed by atoms with Crippen LogP contribution in [-0.2, 0) is 9.59 Å². The van der Waals surface area contributed by atoms with E-state index in [2.05, 4.69) is 10.6 Å². The Morgan fingerprint density at radius 3 is 2.33 bits per heavy atom. The first kappa shape index (κ1) is 20.1. The molecule has 0 saturated heterocycles. The monoisotopic (exact) mass is 371 g/mol. The summed E-state index contributed by atoms with van der Waals surface area (Å²) in [4.78, 5) is 34.3. The number of nitro benzene ring substituents is 1. The third kappa shape index (κ3) is 5.89. The molecule has 0 fully saturated rings. The minimum absolute atomic E-state index is 0.0195. The Bertz CT molecular complexity index is 795. The number of aliphatic hydroxyl groups is 1. The minimum Gasteiger partial charge on any atom is -0.396 e. The number of amides is 2. The highest BCUT2D eigenvalue weighted by molar-refractivity contribution is 6.39. The summed E-state index contributed by atoms with van der Waals surface area (Å²) in [7, 11) is 0. The van der Waals surface area contributed by atoms with Crippen molar-refractivity contribution in [1.82, 2.24) is 5.32 Å². The Balaban J connectivity index is 1.89. The van der Waals surface area contributed by atoms with E-state index in [1.807, 2.05) is 30.3 Å². The molecule has 2 amide bonds. The summed E-state index contributed by atoms with van der Waals surface area (Å²) >= 11 is 0. The molecule has 3 N–H and O–H groups in total. The van der Waals surface area contributed by atoms with Crippen LogP contribution in [-0.4, -0.2) is 35.0 Å². The van der Waals surface area contributed by atoms with E-state index < -0.39 is 16.7 Å². The summed E-state index contributed by atoms with van der Waals surface area (Å²) in [6.07, 6.45) is 1.09. The first-order valence-electron chi connectivity index (χ1n) is 8.51. The molecule has 0 aromatic heterocycles. The molecule has 0 aliphatic heterocycles. The smallest absolute Gasteiger partial charge is 0.313 e. The van der Waals surface area contributed by atoms with Gasteiger partial charge in [0.25, 0.3) is 5.69 Å². The molecule has 0 aliphatic rings. The summed E-state index contributed by atoms with van der Waals surface area (Å²) < 4.78 is 0. The minimum atomic E-state index is -0.970. The first-order chi connectivity index (χ1) is 13.0. The summed E-state index contributed by atoms with van der Waals surface area (Å²) in [5.74, 6) is -1.79. The van der Waals surface area contributed by atoms with Gasteiger partial charge in [-0.25, -0.2) is 0 Å². The molecule has 0 radical (unpaired) electrons. The number of anilines is 1. The van der Waals surface area contributed by atoms with Gasteiger partial charge in [0.15, 0.2) is 0 Å². The molecule has 0 spiro atoms. The maximum absolute atomic E-state index is 12.0. The predicted molar refractivity (Wildman–Crippen MR) is 100 cm³/mol. The van der Waals surface area contributed by atoms with Crippen molar-refractivity contribution in [2.24, 2.45) is 0 Å². The van der Waals surface area contributed by atoms with Gasteiger partial charge in [-0.2, -0.15) is 0 Å². The molecular weight excluding hydrogens is 350 g/mol. The van der Waals surface area contributed by atoms with Crippen LogP contribution in [0.15, 0.2) is 54.6 Å². The van der Waals surface area contributed by atoms with Crippen molar-refractivity contribution in [3.05, 3.63) is 70.3 Å². The van der Waals surface area contributed by atoms with Gasteiger partial charge in [0, 0.05) is 19.2 Å². The number of benzene rings is 2.